The van der Waals surface area contributed by atoms with Crippen molar-refractivity contribution in [1.82, 2.24) is 0 Å². The molecule has 1 aromatic carbocycles. The molecule has 0 fully saturated rings. The highest BCUT2D eigenvalue weighted by Crippen LogP contribution is 2.28. The molecule has 2 rings (SSSR count). The largest absolute Gasteiger partial charge is 0.373 e. The van der Waals surface area contributed by atoms with Crippen LogP contribution < -0.4 is 0 Å². The summed E-state index contributed by atoms with van der Waals surface area (Å²) in [5.41, 5.74) is 2.62. The molecule has 1 aliphatic heterocycles. The molecule has 0 amide bonds. The predicted octanol–water partition coefficient (Wildman–Crippen LogP) is 2.97. The minimum Gasteiger partial charge on any atom is -0.373 e. The van der Waals surface area contributed by atoms with Gasteiger partial charge in [-0.25, -0.2) is 0 Å². The van der Waals surface area contributed by atoms with E-state index in [9.17, 15) is 0 Å². The summed E-state index contributed by atoms with van der Waals surface area (Å²) in [6.45, 7) is 2.89. The summed E-state index contributed by atoms with van der Waals surface area (Å²) in [4.78, 5) is 0. The summed E-state index contributed by atoms with van der Waals surface area (Å²) in [7, 11) is 0. The highest BCUT2D eigenvalue weighted by Gasteiger charge is 2.15. The number of hydrogen-bond donors (Lipinski definition) is 0. The summed E-state index contributed by atoms with van der Waals surface area (Å²) in [5.74, 6) is 0. The van der Waals surface area contributed by atoms with Crippen LogP contribution in [-0.4, -0.2) is 6.61 Å². The van der Waals surface area contributed by atoms with Crippen molar-refractivity contribution >= 4 is 11.6 Å². The van der Waals surface area contributed by atoms with E-state index in [4.69, 9.17) is 16.3 Å². The van der Waals surface area contributed by atoms with Crippen LogP contribution in [0.4, 0.5) is 0 Å². The Balaban J connectivity index is 2.46. The summed E-state index contributed by atoms with van der Waals surface area (Å²) in [6.07, 6.45) is 1.21. The Morgan fingerprint density at radius 3 is 3.17 bits per heavy atom. The molecule has 1 aromatic rings. The van der Waals surface area contributed by atoms with Crippen molar-refractivity contribution in [2.75, 3.05) is 6.61 Å². The van der Waals surface area contributed by atoms with Crippen LogP contribution in [0.1, 0.15) is 24.2 Å². The average molecular weight is 183 g/mol. The number of rotatable bonds is 0. The molecule has 1 unspecified atom stereocenters. The van der Waals surface area contributed by atoms with Gasteiger partial charge in [0.2, 0.25) is 0 Å². The number of fused-ring (bicyclic) bond motifs is 1. The number of benzene rings is 1. The Hall–Kier alpha value is -0.530. The molecule has 1 aliphatic rings. The smallest absolute Gasteiger partial charge is 0.0799 e. The molecule has 2 heteroatoms. The molecule has 1 heterocycles. The van der Waals surface area contributed by atoms with E-state index in [1.807, 2.05) is 12.1 Å². The molecule has 64 valence electrons. The van der Waals surface area contributed by atoms with Crippen LogP contribution in [0.2, 0.25) is 5.02 Å². The van der Waals surface area contributed by atoms with Gasteiger partial charge in [0.05, 0.1) is 12.7 Å². The molecule has 0 radical (unpaired) electrons. The quantitative estimate of drug-likeness (QED) is 0.600. The van der Waals surface area contributed by atoms with Crippen molar-refractivity contribution in [3.05, 3.63) is 34.3 Å². The molecule has 0 spiro atoms. The molecular weight excluding hydrogens is 172 g/mol. The molecule has 1 nitrogen and oxygen atoms in total. The highest BCUT2D eigenvalue weighted by atomic mass is 35.5. The van der Waals surface area contributed by atoms with Crippen LogP contribution >= 0.6 is 11.6 Å². The van der Waals surface area contributed by atoms with Gasteiger partial charge in [-0.3, -0.25) is 0 Å². The molecule has 0 saturated carbocycles. The molecule has 0 aromatic heterocycles. The zero-order chi connectivity index (χ0) is 8.55. The van der Waals surface area contributed by atoms with Crippen molar-refractivity contribution in [2.45, 2.75) is 19.4 Å². The molecule has 1 atom stereocenters. The topological polar surface area (TPSA) is 9.23 Å². The monoisotopic (exact) mass is 182 g/mol. The van der Waals surface area contributed by atoms with Gasteiger partial charge in [-0.05, 0) is 36.6 Å². The maximum Gasteiger partial charge on any atom is 0.0799 e. The molecule has 0 bridgehead atoms. The van der Waals surface area contributed by atoms with Gasteiger partial charge in [-0.15, -0.1) is 0 Å². The van der Waals surface area contributed by atoms with Crippen molar-refractivity contribution in [2.24, 2.45) is 0 Å². The van der Waals surface area contributed by atoms with Gasteiger partial charge in [-0.2, -0.15) is 0 Å². The Kier molecular flexibility index (Phi) is 2.07. The minimum absolute atomic E-state index is 0.228. The maximum atomic E-state index is 5.88. The first-order chi connectivity index (χ1) is 5.77. The van der Waals surface area contributed by atoms with Crippen LogP contribution in [0.25, 0.3) is 0 Å². The Bertz CT molecular complexity index is 296. The van der Waals surface area contributed by atoms with E-state index in [0.29, 0.717) is 0 Å². The fraction of sp³-hybridized carbons (Fsp3) is 0.400. The fourth-order valence-electron chi connectivity index (χ4n) is 1.62. The first-order valence-electron chi connectivity index (χ1n) is 4.17. The Labute approximate surface area is 77.3 Å². The lowest BCUT2D eigenvalue weighted by atomic mass is 9.99. The van der Waals surface area contributed by atoms with E-state index < -0.39 is 0 Å². The molecule has 0 saturated heterocycles. The third kappa shape index (κ3) is 1.35. The van der Waals surface area contributed by atoms with E-state index in [-0.39, 0.29) is 6.10 Å². The Morgan fingerprint density at radius 2 is 2.33 bits per heavy atom. The maximum absolute atomic E-state index is 5.88. The zero-order valence-corrected chi connectivity index (χ0v) is 7.77. The summed E-state index contributed by atoms with van der Waals surface area (Å²) >= 11 is 5.88. The zero-order valence-electron chi connectivity index (χ0n) is 7.01. The minimum atomic E-state index is 0.228. The van der Waals surface area contributed by atoms with Crippen molar-refractivity contribution in [3.8, 4) is 0 Å². The first-order valence-corrected chi connectivity index (χ1v) is 4.55. The number of hydrogen-bond acceptors (Lipinski definition) is 1. The first kappa shape index (κ1) is 8.09. The van der Waals surface area contributed by atoms with Crippen LogP contribution in [0.3, 0.4) is 0 Å². The second-order valence-corrected chi connectivity index (χ2v) is 3.54. The van der Waals surface area contributed by atoms with Gasteiger partial charge in [0.1, 0.15) is 0 Å². The Morgan fingerprint density at radius 1 is 1.50 bits per heavy atom. The van der Waals surface area contributed by atoms with Gasteiger partial charge in [0.15, 0.2) is 0 Å². The lowest BCUT2D eigenvalue weighted by Gasteiger charge is -2.22. The summed E-state index contributed by atoms with van der Waals surface area (Å²) in [5, 5.41) is 0.822. The van der Waals surface area contributed by atoms with Crippen molar-refractivity contribution < 1.29 is 4.74 Å². The SMILES string of the molecule is CC1OCCc2cc(Cl)ccc21. The van der Waals surface area contributed by atoms with Crippen molar-refractivity contribution in [1.29, 1.82) is 0 Å². The van der Waals surface area contributed by atoms with Gasteiger partial charge < -0.3 is 4.74 Å². The second kappa shape index (κ2) is 3.08. The number of halogens is 1. The third-order valence-electron chi connectivity index (χ3n) is 2.28. The van der Waals surface area contributed by atoms with Crippen LogP contribution in [0.5, 0.6) is 0 Å². The van der Waals surface area contributed by atoms with Gasteiger partial charge in [0.25, 0.3) is 0 Å². The normalized spacial score (nSPS) is 22.0. The molecule has 12 heavy (non-hydrogen) atoms. The van der Waals surface area contributed by atoms with Crippen LogP contribution in [-0.2, 0) is 11.2 Å². The lowest BCUT2D eigenvalue weighted by Crippen LogP contribution is -2.13. The summed E-state index contributed by atoms with van der Waals surface area (Å²) in [6, 6.07) is 6.02. The van der Waals surface area contributed by atoms with Crippen LogP contribution in [0, 0.1) is 0 Å². The van der Waals surface area contributed by atoms with E-state index >= 15 is 0 Å². The van der Waals surface area contributed by atoms with E-state index in [2.05, 4.69) is 13.0 Å². The van der Waals surface area contributed by atoms with E-state index in [1.54, 1.807) is 0 Å². The van der Waals surface area contributed by atoms with Gasteiger partial charge >= 0.3 is 0 Å². The average Bonchev–Trinajstić information content (AvgIpc) is 2.04. The molecule has 0 N–H and O–H groups in total. The van der Waals surface area contributed by atoms with Gasteiger partial charge in [-0.1, -0.05) is 17.7 Å². The lowest BCUT2D eigenvalue weighted by molar-refractivity contribution is 0.0555. The molecule has 0 aliphatic carbocycles. The standard InChI is InChI=1S/C10H11ClO/c1-7-10-3-2-9(11)6-8(10)4-5-12-7/h2-3,6-7H,4-5H2,1H3. The number of ether oxygens (including phenoxy) is 1. The predicted molar refractivity (Wildman–Crippen MR) is 49.5 cm³/mol. The second-order valence-electron chi connectivity index (χ2n) is 3.11. The van der Waals surface area contributed by atoms with Crippen molar-refractivity contribution in [3.63, 3.8) is 0 Å². The van der Waals surface area contributed by atoms with E-state index in [1.165, 1.54) is 11.1 Å². The van der Waals surface area contributed by atoms with Gasteiger partial charge in [0, 0.05) is 5.02 Å². The third-order valence-corrected chi connectivity index (χ3v) is 2.52. The summed E-state index contributed by atoms with van der Waals surface area (Å²) < 4.78 is 5.50. The molecular formula is C10H11ClO. The van der Waals surface area contributed by atoms with E-state index in [0.717, 1.165) is 18.1 Å². The van der Waals surface area contributed by atoms with Crippen LogP contribution in [0.15, 0.2) is 18.2 Å². The fourth-order valence-corrected chi connectivity index (χ4v) is 1.82. The highest BCUT2D eigenvalue weighted by molar-refractivity contribution is 6.30.